The predicted molar refractivity (Wildman–Crippen MR) is 183 cm³/mol. The van der Waals surface area contributed by atoms with E-state index in [1.165, 1.54) is 11.1 Å². The van der Waals surface area contributed by atoms with E-state index in [0.717, 1.165) is 72.2 Å². The van der Waals surface area contributed by atoms with Crippen molar-refractivity contribution in [2.75, 3.05) is 50.9 Å². The van der Waals surface area contributed by atoms with E-state index in [1.54, 1.807) is 7.05 Å². The minimum atomic E-state index is -0.261. The summed E-state index contributed by atoms with van der Waals surface area (Å²) in [4.78, 5) is 26.3. The number of urea groups is 1. The zero-order chi connectivity index (χ0) is 31.7. The maximum Gasteiger partial charge on any atom is 0.323 e. The maximum atomic E-state index is 12.6. The zero-order valence-electron chi connectivity index (χ0n) is 27.9. The molecule has 7 nitrogen and oxygen atoms in total. The van der Waals surface area contributed by atoms with E-state index in [0.29, 0.717) is 0 Å². The number of aliphatic imine (C=N–C) groups is 1. The number of pyridine rings is 1. The van der Waals surface area contributed by atoms with Gasteiger partial charge in [0.1, 0.15) is 0 Å². The molecule has 1 aromatic heterocycles. The Labute approximate surface area is 255 Å². The Bertz CT molecular complexity index is 1240. The second kappa shape index (κ2) is 19.5. The minimum absolute atomic E-state index is 0.261. The molecule has 1 saturated heterocycles. The van der Waals surface area contributed by atoms with Gasteiger partial charge in [-0.05, 0) is 80.4 Å². The number of benzene rings is 2. The number of piperazine rings is 1. The molecule has 3 aromatic rings. The monoisotopic (exact) mass is 574 g/mol. The Morgan fingerprint density at radius 2 is 1.43 bits per heavy atom. The van der Waals surface area contributed by atoms with Crippen LogP contribution in [0.5, 0.6) is 0 Å². The normalized spacial score (nSPS) is 13.4. The fourth-order valence-electron chi connectivity index (χ4n) is 4.60. The molecular formula is C35H54N6O. The van der Waals surface area contributed by atoms with Gasteiger partial charge in [0.25, 0.3) is 0 Å². The van der Waals surface area contributed by atoms with Crippen molar-refractivity contribution in [3.8, 4) is 11.1 Å². The van der Waals surface area contributed by atoms with Gasteiger partial charge in [-0.15, -0.1) is 0 Å². The summed E-state index contributed by atoms with van der Waals surface area (Å²) in [7, 11) is 3.96. The number of nitrogens with zero attached hydrogens (tertiary/aromatic N) is 4. The van der Waals surface area contributed by atoms with Crippen LogP contribution in [-0.2, 0) is 6.54 Å². The Morgan fingerprint density at radius 1 is 0.857 bits per heavy atom. The first-order valence-electron chi connectivity index (χ1n) is 15.4. The van der Waals surface area contributed by atoms with Gasteiger partial charge in [0.2, 0.25) is 0 Å². The predicted octanol–water partition coefficient (Wildman–Crippen LogP) is 8.27. The molecule has 2 N–H and O–H groups in total. The third-order valence-corrected chi connectivity index (χ3v) is 6.88. The molecule has 2 aromatic carbocycles. The molecule has 2 amide bonds. The number of carbonyl (C=O) groups excluding carboxylic acids is 1. The Morgan fingerprint density at radius 3 is 2.00 bits per heavy atom. The molecule has 0 bridgehead atoms. The lowest BCUT2D eigenvalue weighted by atomic mass is 9.96. The highest BCUT2D eigenvalue weighted by atomic mass is 16.2. The second-order valence-electron chi connectivity index (χ2n) is 9.51. The highest BCUT2D eigenvalue weighted by Gasteiger charge is 2.15. The van der Waals surface area contributed by atoms with Crippen molar-refractivity contribution >= 4 is 23.1 Å². The van der Waals surface area contributed by atoms with Crippen LogP contribution in [-0.4, -0.2) is 66.8 Å². The maximum absolute atomic E-state index is 12.6. The van der Waals surface area contributed by atoms with E-state index < -0.39 is 0 Å². The van der Waals surface area contributed by atoms with Crippen LogP contribution < -0.4 is 10.6 Å². The molecule has 1 fully saturated rings. The molecule has 0 atom stereocenters. The van der Waals surface area contributed by atoms with Crippen molar-refractivity contribution in [3.05, 3.63) is 77.1 Å². The van der Waals surface area contributed by atoms with Crippen molar-refractivity contribution in [2.45, 2.75) is 68.9 Å². The van der Waals surface area contributed by atoms with E-state index in [-0.39, 0.29) is 6.03 Å². The molecule has 42 heavy (non-hydrogen) atoms. The van der Waals surface area contributed by atoms with Crippen LogP contribution in [0.4, 0.5) is 16.2 Å². The Hall–Kier alpha value is -3.55. The number of nitrogens with one attached hydrogen (secondary N) is 2. The summed E-state index contributed by atoms with van der Waals surface area (Å²) in [5.74, 6) is 0. The second-order valence-corrected chi connectivity index (χ2v) is 9.51. The number of likely N-dealkylation sites (N-methyl/N-ethyl adjacent to an activating group) is 1. The van der Waals surface area contributed by atoms with E-state index in [4.69, 9.17) is 0 Å². The van der Waals surface area contributed by atoms with Crippen molar-refractivity contribution < 1.29 is 4.79 Å². The Balaban J connectivity index is 0.00000138. The summed E-state index contributed by atoms with van der Waals surface area (Å²) in [5, 5.41) is 5.89. The van der Waals surface area contributed by atoms with Crippen LogP contribution in [0.2, 0.25) is 0 Å². The van der Waals surface area contributed by atoms with Crippen LogP contribution in [0.1, 0.15) is 70.9 Å². The van der Waals surface area contributed by atoms with Gasteiger partial charge in [-0.25, -0.2) is 4.79 Å². The summed E-state index contributed by atoms with van der Waals surface area (Å²) in [6, 6.07) is 15.7. The number of carbonyl (C=O) groups is 1. The molecule has 0 radical (unpaired) electrons. The lowest BCUT2D eigenvalue weighted by molar-refractivity contribution is 0.148. The fourth-order valence-corrected chi connectivity index (χ4v) is 4.60. The van der Waals surface area contributed by atoms with Crippen molar-refractivity contribution in [3.63, 3.8) is 0 Å². The highest BCUT2D eigenvalue weighted by molar-refractivity contribution is 6.05. The summed E-state index contributed by atoms with van der Waals surface area (Å²) in [6.07, 6.45) is 1.81. The molecule has 230 valence electrons. The molecule has 0 unspecified atom stereocenters. The smallest absolute Gasteiger partial charge is 0.308 e. The average molecular weight is 575 g/mol. The van der Waals surface area contributed by atoms with Gasteiger partial charge >= 0.3 is 6.03 Å². The molecule has 1 aliphatic heterocycles. The quantitative estimate of drug-likeness (QED) is 0.291. The number of anilines is 2. The van der Waals surface area contributed by atoms with Gasteiger partial charge in [0.05, 0.1) is 0 Å². The van der Waals surface area contributed by atoms with E-state index >= 15 is 0 Å². The number of aromatic nitrogens is 1. The van der Waals surface area contributed by atoms with Gasteiger partial charge in [-0.1, -0.05) is 59.7 Å². The van der Waals surface area contributed by atoms with Crippen molar-refractivity contribution in [2.24, 2.45) is 4.99 Å². The lowest BCUT2D eigenvalue weighted by Gasteiger charge is -2.32. The van der Waals surface area contributed by atoms with Crippen LogP contribution >= 0.6 is 0 Å². The van der Waals surface area contributed by atoms with Gasteiger partial charge in [0, 0.05) is 74.3 Å². The van der Waals surface area contributed by atoms with Crippen LogP contribution in [0.25, 0.3) is 11.1 Å². The summed E-state index contributed by atoms with van der Waals surface area (Å²) in [6.45, 7) is 23.4. The fraction of sp³-hybridized carbons (Fsp3) is 0.457. The molecular weight excluding hydrogens is 520 g/mol. The van der Waals surface area contributed by atoms with Gasteiger partial charge in [-0.3, -0.25) is 14.9 Å². The summed E-state index contributed by atoms with van der Waals surface area (Å²) in [5.41, 5.74) is 9.07. The minimum Gasteiger partial charge on any atom is -0.308 e. The van der Waals surface area contributed by atoms with Gasteiger partial charge in [-0.2, -0.15) is 0 Å². The number of aryl methyl sites for hydroxylation is 2. The van der Waals surface area contributed by atoms with Crippen molar-refractivity contribution in [1.82, 2.24) is 14.8 Å². The Kier molecular flexibility index (Phi) is 17.0. The molecule has 2 heterocycles. The van der Waals surface area contributed by atoms with Crippen LogP contribution in [0.3, 0.4) is 0 Å². The molecule has 7 heteroatoms. The van der Waals surface area contributed by atoms with Gasteiger partial charge in [0.15, 0.2) is 0 Å². The number of amides is 2. The summed E-state index contributed by atoms with van der Waals surface area (Å²) >= 11 is 0. The first kappa shape index (κ1) is 36.5. The van der Waals surface area contributed by atoms with Crippen LogP contribution in [0.15, 0.2) is 59.7 Å². The first-order valence-corrected chi connectivity index (χ1v) is 15.4. The van der Waals surface area contributed by atoms with E-state index in [2.05, 4.69) is 50.4 Å². The first-order chi connectivity index (χ1) is 20.3. The lowest BCUT2D eigenvalue weighted by Crippen LogP contribution is -2.43. The van der Waals surface area contributed by atoms with Crippen LogP contribution in [0, 0.1) is 13.8 Å². The standard InChI is InChI=1S/C29H36N6O.3C2H6/c1-20-18-26(11-8-24(20)19-35-16-14-34(5)15-17-35)33-29(36)32-25-9-6-23(7-10-25)27-12-13-31-22(3)28(27)21(2)30-4;3*1-2/h6-13,18H,14-17,19H2,1-5H3,(H2,32,33,36);3*1-2H3. The molecule has 0 saturated carbocycles. The molecule has 4 rings (SSSR count). The largest absolute Gasteiger partial charge is 0.323 e. The molecule has 0 spiro atoms. The third kappa shape index (κ3) is 10.7. The highest BCUT2D eigenvalue weighted by Crippen LogP contribution is 2.27. The van der Waals surface area contributed by atoms with E-state index in [1.807, 2.05) is 104 Å². The number of rotatable bonds is 6. The summed E-state index contributed by atoms with van der Waals surface area (Å²) < 4.78 is 0. The zero-order valence-corrected chi connectivity index (χ0v) is 27.9. The molecule has 0 aliphatic carbocycles. The van der Waals surface area contributed by atoms with E-state index in [9.17, 15) is 4.79 Å². The SMILES string of the molecule is CC.CC.CC.CN=C(C)c1c(-c2ccc(NC(=O)Nc3ccc(CN4CCN(C)CC4)c(C)c3)cc2)ccnc1C. The third-order valence-electron chi connectivity index (χ3n) is 6.88. The van der Waals surface area contributed by atoms with Crippen molar-refractivity contribution in [1.29, 1.82) is 0 Å². The average Bonchev–Trinajstić information content (AvgIpc) is 3.02. The molecule has 1 aliphatic rings. The van der Waals surface area contributed by atoms with Gasteiger partial charge < -0.3 is 15.5 Å². The number of hydrogen-bond acceptors (Lipinski definition) is 5. The number of hydrogen-bond donors (Lipinski definition) is 2. The topological polar surface area (TPSA) is 72.9 Å².